The topological polar surface area (TPSA) is 24.9 Å². The molecule has 0 aliphatic carbocycles. The van der Waals surface area contributed by atoms with Crippen molar-refractivity contribution in [2.24, 2.45) is 0 Å². The molecule has 2 nitrogen and oxygen atoms in total. The second kappa shape index (κ2) is 5.41. The lowest BCUT2D eigenvalue weighted by Gasteiger charge is -2.16. The molecule has 2 rings (SSSR count). The van der Waals surface area contributed by atoms with E-state index in [1.807, 2.05) is 6.20 Å². The Morgan fingerprint density at radius 3 is 3.06 bits per heavy atom. The van der Waals surface area contributed by atoms with Crippen LogP contribution in [-0.2, 0) is 0 Å². The van der Waals surface area contributed by atoms with Crippen molar-refractivity contribution in [1.82, 2.24) is 10.3 Å². The number of fused-ring (bicyclic) bond motifs is 1. The molecule has 2 heterocycles. The quantitative estimate of drug-likeness (QED) is 0.852. The van der Waals surface area contributed by atoms with Crippen LogP contribution in [0.3, 0.4) is 0 Å². The fourth-order valence-electron chi connectivity index (χ4n) is 1.87. The highest BCUT2D eigenvalue weighted by molar-refractivity contribution is 7.17. The molecular weight excluding hydrogens is 216 g/mol. The smallest absolute Gasteiger partial charge is 0.0809 e. The zero-order valence-corrected chi connectivity index (χ0v) is 10.7. The van der Waals surface area contributed by atoms with E-state index in [9.17, 15) is 0 Å². The Morgan fingerprint density at radius 1 is 1.44 bits per heavy atom. The predicted molar refractivity (Wildman–Crippen MR) is 70.9 cm³/mol. The number of hydrogen-bond acceptors (Lipinski definition) is 3. The Kier molecular flexibility index (Phi) is 3.91. The number of hydrogen-bond donors (Lipinski definition) is 1. The molecule has 0 radical (unpaired) electrons. The molecule has 0 fully saturated rings. The summed E-state index contributed by atoms with van der Waals surface area (Å²) in [6.45, 7) is 5.48. The summed E-state index contributed by atoms with van der Waals surface area (Å²) in [6.07, 6.45) is 4.29. The molecule has 86 valence electrons. The Morgan fingerprint density at radius 2 is 2.31 bits per heavy atom. The molecule has 0 aromatic carbocycles. The van der Waals surface area contributed by atoms with E-state index >= 15 is 0 Å². The molecule has 1 N–H and O–H groups in total. The van der Waals surface area contributed by atoms with Crippen molar-refractivity contribution in [3.63, 3.8) is 0 Å². The van der Waals surface area contributed by atoms with Gasteiger partial charge in [-0.1, -0.05) is 13.8 Å². The van der Waals surface area contributed by atoms with Gasteiger partial charge in [-0.05, 0) is 42.5 Å². The highest BCUT2D eigenvalue weighted by Crippen LogP contribution is 2.24. The maximum atomic E-state index is 4.49. The van der Waals surface area contributed by atoms with Crippen LogP contribution in [0.5, 0.6) is 0 Å². The summed E-state index contributed by atoms with van der Waals surface area (Å²) in [5.41, 5.74) is 2.42. The molecule has 0 bridgehead atoms. The summed E-state index contributed by atoms with van der Waals surface area (Å²) in [5.74, 6) is 0. The van der Waals surface area contributed by atoms with Crippen LogP contribution in [-0.4, -0.2) is 11.5 Å². The third-order valence-electron chi connectivity index (χ3n) is 2.78. The fourth-order valence-corrected chi connectivity index (χ4v) is 2.66. The molecule has 1 unspecified atom stereocenters. The summed E-state index contributed by atoms with van der Waals surface area (Å²) in [7, 11) is 0. The molecular formula is C13H18N2S. The Balaban J connectivity index is 2.22. The maximum absolute atomic E-state index is 4.49. The van der Waals surface area contributed by atoms with Gasteiger partial charge in [0, 0.05) is 12.2 Å². The molecule has 0 aliphatic heterocycles. The molecule has 3 heteroatoms. The molecule has 0 amide bonds. The zero-order chi connectivity index (χ0) is 11.4. The van der Waals surface area contributed by atoms with Gasteiger partial charge in [-0.2, -0.15) is 0 Å². The average molecular weight is 234 g/mol. The minimum atomic E-state index is 0.443. The summed E-state index contributed by atoms with van der Waals surface area (Å²) in [4.78, 5) is 4.49. The number of pyridine rings is 1. The van der Waals surface area contributed by atoms with Crippen molar-refractivity contribution >= 4 is 21.6 Å². The molecule has 0 spiro atoms. The van der Waals surface area contributed by atoms with Crippen LogP contribution in [0, 0.1) is 0 Å². The summed E-state index contributed by atoms with van der Waals surface area (Å²) in [5, 5.41) is 5.66. The maximum Gasteiger partial charge on any atom is 0.0809 e. The minimum Gasteiger partial charge on any atom is -0.310 e. The third kappa shape index (κ3) is 2.42. The summed E-state index contributed by atoms with van der Waals surface area (Å²) in [6, 6.07) is 4.78. The van der Waals surface area contributed by atoms with E-state index in [0.29, 0.717) is 6.04 Å². The fraction of sp³-hybridized carbons (Fsp3) is 0.462. The first-order valence-corrected chi connectivity index (χ1v) is 6.79. The molecule has 0 aliphatic rings. The number of nitrogens with one attached hydrogen (secondary N) is 1. The number of nitrogens with zero attached hydrogens (tertiary/aromatic N) is 1. The Hall–Kier alpha value is -0.930. The van der Waals surface area contributed by atoms with Crippen LogP contribution < -0.4 is 5.32 Å². The standard InChI is InChI=1S/C13H18N2S/c1-3-6-14-11(4-2)10-8-13-12(15-9-10)5-7-16-13/h5,7-9,11,14H,3-4,6H2,1-2H3. The lowest BCUT2D eigenvalue weighted by molar-refractivity contribution is 0.518. The van der Waals surface area contributed by atoms with Crippen molar-refractivity contribution < 1.29 is 0 Å². The number of rotatable bonds is 5. The van der Waals surface area contributed by atoms with Gasteiger partial charge in [-0.15, -0.1) is 11.3 Å². The van der Waals surface area contributed by atoms with Gasteiger partial charge in [0.25, 0.3) is 0 Å². The molecule has 2 aromatic heterocycles. The van der Waals surface area contributed by atoms with Crippen LogP contribution in [0.2, 0.25) is 0 Å². The normalized spacial score (nSPS) is 13.1. The lowest BCUT2D eigenvalue weighted by atomic mass is 10.1. The molecule has 0 saturated carbocycles. The van der Waals surface area contributed by atoms with Gasteiger partial charge >= 0.3 is 0 Å². The largest absolute Gasteiger partial charge is 0.310 e. The van der Waals surface area contributed by atoms with Gasteiger partial charge in [0.2, 0.25) is 0 Å². The highest BCUT2D eigenvalue weighted by atomic mass is 32.1. The highest BCUT2D eigenvalue weighted by Gasteiger charge is 2.09. The zero-order valence-electron chi connectivity index (χ0n) is 9.86. The Labute approximate surface area is 101 Å². The predicted octanol–water partition coefficient (Wildman–Crippen LogP) is 3.75. The first-order valence-electron chi connectivity index (χ1n) is 5.91. The average Bonchev–Trinajstić information content (AvgIpc) is 2.77. The van der Waals surface area contributed by atoms with Gasteiger partial charge in [-0.3, -0.25) is 4.98 Å². The first kappa shape index (κ1) is 11.6. The van der Waals surface area contributed by atoms with Crippen LogP contribution in [0.1, 0.15) is 38.3 Å². The van der Waals surface area contributed by atoms with Crippen molar-refractivity contribution in [3.05, 3.63) is 29.3 Å². The SMILES string of the molecule is CCCNC(CC)c1cnc2ccsc2c1. The lowest BCUT2D eigenvalue weighted by Crippen LogP contribution is -2.21. The Bertz CT molecular complexity index is 450. The van der Waals surface area contributed by atoms with Crippen LogP contribution in [0.15, 0.2) is 23.7 Å². The van der Waals surface area contributed by atoms with Gasteiger partial charge in [0.05, 0.1) is 10.2 Å². The van der Waals surface area contributed by atoms with Gasteiger partial charge in [0.15, 0.2) is 0 Å². The minimum absolute atomic E-state index is 0.443. The van der Waals surface area contributed by atoms with Crippen molar-refractivity contribution in [3.8, 4) is 0 Å². The van der Waals surface area contributed by atoms with E-state index in [1.165, 1.54) is 16.7 Å². The van der Waals surface area contributed by atoms with Gasteiger partial charge in [0.1, 0.15) is 0 Å². The molecule has 1 atom stereocenters. The van der Waals surface area contributed by atoms with E-state index < -0.39 is 0 Å². The van der Waals surface area contributed by atoms with E-state index in [4.69, 9.17) is 0 Å². The van der Waals surface area contributed by atoms with Gasteiger partial charge in [-0.25, -0.2) is 0 Å². The second-order valence-electron chi connectivity index (χ2n) is 3.99. The number of aromatic nitrogens is 1. The van der Waals surface area contributed by atoms with Crippen molar-refractivity contribution in [2.45, 2.75) is 32.7 Å². The third-order valence-corrected chi connectivity index (χ3v) is 3.63. The van der Waals surface area contributed by atoms with Crippen LogP contribution in [0.4, 0.5) is 0 Å². The van der Waals surface area contributed by atoms with Crippen LogP contribution in [0.25, 0.3) is 10.2 Å². The second-order valence-corrected chi connectivity index (χ2v) is 4.94. The molecule has 16 heavy (non-hydrogen) atoms. The van der Waals surface area contributed by atoms with Gasteiger partial charge < -0.3 is 5.32 Å². The van der Waals surface area contributed by atoms with E-state index in [-0.39, 0.29) is 0 Å². The molecule has 2 aromatic rings. The molecule has 0 saturated heterocycles. The monoisotopic (exact) mass is 234 g/mol. The first-order chi connectivity index (χ1) is 7.85. The summed E-state index contributed by atoms with van der Waals surface area (Å²) >= 11 is 1.76. The van der Waals surface area contributed by atoms with Crippen molar-refractivity contribution in [1.29, 1.82) is 0 Å². The number of thiophene rings is 1. The van der Waals surface area contributed by atoms with E-state index in [1.54, 1.807) is 11.3 Å². The van der Waals surface area contributed by atoms with Crippen molar-refractivity contribution in [2.75, 3.05) is 6.54 Å². The van der Waals surface area contributed by atoms with Crippen LogP contribution >= 0.6 is 11.3 Å². The van der Waals surface area contributed by atoms with E-state index in [2.05, 4.69) is 41.7 Å². The van der Waals surface area contributed by atoms with E-state index in [0.717, 1.165) is 18.5 Å². The summed E-state index contributed by atoms with van der Waals surface area (Å²) < 4.78 is 1.29.